The molecule has 0 N–H and O–H groups in total. The van der Waals surface area contributed by atoms with Gasteiger partial charge in [-0.3, -0.25) is 0 Å². The first-order chi connectivity index (χ1) is 6.33. The predicted molar refractivity (Wildman–Crippen MR) is 59.9 cm³/mol. The van der Waals surface area contributed by atoms with Gasteiger partial charge in [0.2, 0.25) is 0 Å². The van der Waals surface area contributed by atoms with Crippen molar-refractivity contribution in [3.8, 4) is 0 Å². The van der Waals surface area contributed by atoms with E-state index in [-0.39, 0.29) is 0 Å². The lowest BCUT2D eigenvalue weighted by Gasteiger charge is -2.26. The number of hydrogen-bond acceptors (Lipinski definition) is 0. The van der Waals surface area contributed by atoms with Crippen LogP contribution >= 0.6 is 0 Å². The second-order valence-corrected chi connectivity index (χ2v) is 4.99. The van der Waals surface area contributed by atoms with Crippen LogP contribution in [-0.4, -0.2) is 0 Å². The van der Waals surface area contributed by atoms with Gasteiger partial charge in [-0.25, -0.2) is 0 Å². The standard InChI is InChI=1S/C13H26/c1-3-4-5-6-9-13-10-7-8-12(2)11-13/h12-13H,3-11H2,1-2H3/t12-,13-/m1/s1. The first kappa shape index (κ1) is 11.1. The minimum Gasteiger partial charge on any atom is -0.0654 e. The van der Waals surface area contributed by atoms with Gasteiger partial charge in [0, 0.05) is 0 Å². The van der Waals surface area contributed by atoms with Crippen molar-refractivity contribution in [2.75, 3.05) is 0 Å². The summed E-state index contributed by atoms with van der Waals surface area (Å²) in [5.41, 5.74) is 0. The van der Waals surface area contributed by atoms with E-state index in [0.29, 0.717) is 0 Å². The molecule has 0 bridgehead atoms. The monoisotopic (exact) mass is 182 g/mol. The van der Waals surface area contributed by atoms with Crippen molar-refractivity contribution in [3.63, 3.8) is 0 Å². The largest absolute Gasteiger partial charge is 0.0654 e. The molecule has 0 radical (unpaired) electrons. The summed E-state index contributed by atoms with van der Waals surface area (Å²) in [6.07, 6.45) is 13.3. The van der Waals surface area contributed by atoms with Crippen LogP contribution in [-0.2, 0) is 0 Å². The summed E-state index contributed by atoms with van der Waals surface area (Å²) in [4.78, 5) is 0. The topological polar surface area (TPSA) is 0 Å². The third-order valence-corrected chi connectivity index (χ3v) is 3.51. The molecule has 0 aromatic carbocycles. The van der Waals surface area contributed by atoms with Crippen LogP contribution in [0.15, 0.2) is 0 Å². The van der Waals surface area contributed by atoms with Crippen LogP contribution in [0, 0.1) is 11.8 Å². The summed E-state index contributed by atoms with van der Waals surface area (Å²) in [6.45, 7) is 4.72. The average molecular weight is 182 g/mol. The van der Waals surface area contributed by atoms with E-state index in [1.807, 2.05) is 0 Å². The summed E-state index contributed by atoms with van der Waals surface area (Å²) in [5, 5.41) is 0. The van der Waals surface area contributed by atoms with Crippen LogP contribution in [0.2, 0.25) is 0 Å². The Bertz CT molecular complexity index is 117. The summed E-state index contributed by atoms with van der Waals surface area (Å²) < 4.78 is 0. The highest BCUT2D eigenvalue weighted by atomic mass is 14.2. The maximum absolute atomic E-state index is 2.43. The molecular weight excluding hydrogens is 156 g/mol. The number of hydrogen-bond donors (Lipinski definition) is 0. The van der Waals surface area contributed by atoms with Gasteiger partial charge in [-0.05, 0) is 18.3 Å². The lowest BCUT2D eigenvalue weighted by atomic mass is 9.80. The molecule has 1 fully saturated rings. The molecule has 0 heterocycles. The fourth-order valence-corrected chi connectivity index (χ4v) is 2.68. The highest BCUT2D eigenvalue weighted by molar-refractivity contribution is 4.70. The highest BCUT2D eigenvalue weighted by Gasteiger charge is 2.17. The maximum Gasteiger partial charge on any atom is -0.0412 e. The number of rotatable bonds is 5. The van der Waals surface area contributed by atoms with Crippen molar-refractivity contribution >= 4 is 0 Å². The van der Waals surface area contributed by atoms with Gasteiger partial charge in [0.1, 0.15) is 0 Å². The fourth-order valence-electron chi connectivity index (χ4n) is 2.68. The van der Waals surface area contributed by atoms with Crippen LogP contribution in [0.4, 0.5) is 0 Å². The molecule has 0 saturated heterocycles. The van der Waals surface area contributed by atoms with E-state index >= 15 is 0 Å². The predicted octanol–water partition coefficient (Wildman–Crippen LogP) is 4.78. The lowest BCUT2D eigenvalue weighted by Crippen LogP contribution is -2.12. The third-order valence-electron chi connectivity index (χ3n) is 3.51. The van der Waals surface area contributed by atoms with Crippen molar-refractivity contribution < 1.29 is 0 Å². The van der Waals surface area contributed by atoms with Crippen LogP contribution in [0.3, 0.4) is 0 Å². The molecule has 78 valence electrons. The van der Waals surface area contributed by atoms with Gasteiger partial charge in [-0.2, -0.15) is 0 Å². The Labute approximate surface area is 84.1 Å². The smallest absolute Gasteiger partial charge is 0.0412 e. The van der Waals surface area contributed by atoms with E-state index in [9.17, 15) is 0 Å². The fraction of sp³-hybridized carbons (Fsp3) is 1.00. The molecule has 0 aromatic heterocycles. The van der Waals surface area contributed by atoms with E-state index in [4.69, 9.17) is 0 Å². The molecule has 0 spiro atoms. The quantitative estimate of drug-likeness (QED) is 0.537. The first-order valence-corrected chi connectivity index (χ1v) is 6.33. The van der Waals surface area contributed by atoms with Gasteiger partial charge in [0.15, 0.2) is 0 Å². The van der Waals surface area contributed by atoms with Crippen molar-refractivity contribution in [2.45, 2.75) is 71.6 Å². The second kappa shape index (κ2) is 6.45. The zero-order valence-electron chi connectivity index (χ0n) is 9.52. The minimum absolute atomic E-state index is 1.02. The Balaban J connectivity index is 2.00. The molecule has 0 unspecified atom stereocenters. The second-order valence-electron chi connectivity index (χ2n) is 4.99. The average Bonchev–Trinajstić information content (AvgIpc) is 2.13. The molecule has 0 nitrogen and oxygen atoms in total. The Kier molecular flexibility index (Phi) is 5.50. The van der Waals surface area contributed by atoms with Crippen molar-refractivity contribution in [1.29, 1.82) is 0 Å². The molecule has 13 heavy (non-hydrogen) atoms. The summed E-state index contributed by atoms with van der Waals surface area (Å²) in [5.74, 6) is 2.10. The SMILES string of the molecule is CCCCCC[C@@H]1CCC[C@@H](C)C1. The molecule has 0 aliphatic heterocycles. The van der Waals surface area contributed by atoms with E-state index in [2.05, 4.69) is 13.8 Å². The molecule has 0 heteroatoms. The van der Waals surface area contributed by atoms with Gasteiger partial charge in [0.05, 0.1) is 0 Å². The highest BCUT2D eigenvalue weighted by Crippen LogP contribution is 2.31. The summed E-state index contributed by atoms with van der Waals surface area (Å²) in [7, 11) is 0. The zero-order chi connectivity index (χ0) is 9.52. The van der Waals surface area contributed by atoms with Gasteiger partial charge in [0.25, 0.3) is 0 Å². The third kappa shape index (κ3) is 4.69. The van der Waals surface area contributed by atoms with Crippen LogP contribution in [0.1, 0.15) is 71.6 Å². The van der Waals surface area contributed by atoms with E-state index in [0.717, 1.165) is 11.8 Å². The van der Waals surface area contributed by atoms with E-state index in [1.165, 1.54) is 57.8 Å². The minimum atomic E-state index is 1.02. The van der Waals surface area contributed by atoms with Crippen LogP contribution < -0.4 is 0 Å². The Hall–Kier alpha value is 0. The molecule has 1 aliphatic rings. The van der Waals surface area contributed by atoms with Gasteiger partial charge in [-0.1, -0.05) is 65.2 Å². The first-order valence-electron chi connectivity index (χ1n) is 6.33. The summed E-state index contributed by atoms with van der Waals surface area (Å²) in [6, 6.07) is 0. The van der Waals surface area contributed by atoms with Crippen LogP contribution in [0.25, 0.3) is 0 Å². The summed E-state index contributed by atoms with van der Waals surface area (Å²) >= 11 is 0. The molecule has 0 aromatic rings. The molecule has 0 amide bonds. The zero-order valence-corrected chi connectivity index (χ0v) is 9.52. The van der Waals surface area contributed by atoms with Crippen LogP contribution in [0.5, 0.6) is 0 Å². The molecule has 1 aliphatic carbocycles. The molecular formula is C13H26. The van der Waals surface area contributed by atoms with Crippen molar-refractivity contribution in [3.05, 3.63) is 0 Å². The van der Waals surface area contributed by atoms with Gasteiger partial charge in [-0.15, -0.1) is 0 Å². The van der Waals surface area contributed by atoms with E-state index in [1.54, 1.807) is 0 Å². The van der Waals surface area contributed by atoms with E-state index < -0.39 is 0 Å². The molecule has 1 rings (SSSR count). The van der Waals surface area contributed by atoms with Crippen molar-refractivity contribution in [1.82, 2.24) is 0 Å². The normalized spacial score (nSPS) is 29.1. The van der Waals surface area contributed by atoms with Gasteiger partial charge >= 0.3 is 0 Å². The molecule has 2 atom stereocenters. The Morgan fingerprint density at radius 1 is 1.08 bits per heavy atom. The Morgan fingerprint density at radius 3 is 2.62 bits per heavy atom. The molecule has 1 saturated carbocycles. The van der Waals surface area contributed by atoms with Crippen molar-refractivity contribution in [2.24, 2.45) is 11.8 Å². The maximum atomic E-state index is 2.43. The number of unbranched alkanes of at least 4 members (excludes halogenated alkanes) is 3. The van der Waals surface area contributed by atoms with Gasteiger partial charge < -0.3 is 0 Å². The lowest BCUT2D eigenvalue weighted by molar-refractivity contribution is 0.264. The Morgan fingerprint density at radius 2 is 1.92 bits per heavy atom.